The van der Waals surface area contributed by atoms with Gasteiger partial charge < -0.3 is 10.5 Å². The Morgan fingerprint density at radius 3 is 3.00 bits per heavy atom. The zero-order valence-electron chi connectivity index (χ0n) is 10.1. The van der Waals surface area contributed by atoms with Crippen LogP contribution in [0.15, 0.2) is 18.2 Å². The van der Waals surface area contributed by atoms with Crippen LogP contribution < -0.4 is 10.5 Å². The maximum atomic E-state index is 13.3. The van der Waals surface area contributed by atoms with Gasteiger partial charge in [0.15, 0.2) is 0 Å². The Kier molecular flexibility index (Phi) is 2.40. The van der Waals surface area contributed by atoms with Gasteiger partial charge in [0.1, 0.15) is 17.2 Å². The highest BCUT2D eigenvalue weighted by Gasteiger charge is 2.46. The number of halogens is 1. The van der Waals surface area contributed by atoms with Crippen LogP contribution in [-0.4, -0.2) is 5.60 Å². The maximum Gasteiger partial charge on any atom is 0.127 e. The van der Waals surface area contributed by atoms with Crippen molar-refractivity contribution in [3.05, 3.63) is 29.6 Å². The highest BCUT2D eigenvalue weighted by molar-refractivity contribution is 5.39. The number of hydrogen-bond acceptors (Lipinski definition) is 2. The molecule has 1 aromatic rings. The molecule has 3 heteroatoms. The summed E-state index contributed by atoms with van der Waals surface area (Å²) in [7, 11) is 0. The van der Waals surface area contributed by atoms with Gasteiger partial charge in [0, 0.05) is 24.1 Å². The van der Waals surface area contributed by atoms with Gasteiger partial charge in [-0.1, -0.05) is 13.0 Å². The molecule has 0 radical (unpaired) electrons. The third-order valence-electron chi connectivity index (χ3n) is 4.39. The molecule has 0 aromatic heterocycles. The first-order valence-electron chi connectivity index (χ1n) is 6.35. The lowest BCUT2D eigenvalue weighted by Crippen LogP contribution is -2.45. The molecule has 0 bridgehead atoms. The molecule has 1 spiro atoms. The van der Waals surface area contributed by atoms with Crippen LogP contribution in [0.25, 0.3) is 0 Å². The Labute approximate surface area is 101 Å². The van der Waals surface area contributed by atoms with Crippen molar-refractivity contribution in [3.63, 3.8) is 0 Å². The van der Waals surface area contributed by atoms with E-state index in [0.717, 1.165) is 18.4 Å². The Balaban J connectivity index is 2.02. The molecule has 3 atom stereocenters. The van der Waals surface area contributed by atoms with E-state index < -0.39 is 0 Å². The Bertz CT molecular complexity index is 448. The van der Waals surface area contributed by atoms with Crippen molar-refractivity contribution < 1.29 is 9.13 Å². The van der Waals surface area contributed by atoms with Crippen molar-refractivity contribution in [2.24, 2.45) is 11.7 Å². The molecule has 2 N–H and O–H groups in total. The normalized spacial score (nSPS) is 35.7. The van der Waals surface area contributed by atoms with E-state index in [1.165, 1.54) is 25.0 Å². The molecule has 1 heterocycles. The lowest BCUT2D eigenvalue weighted by atomic mass is 9.81. The summed E-state index contributed by atoms with van der Waals surface area (Å²) in [5, 5.41) is 0. The quantitative estimate of drug-likeness (QED) is 0.749. The van der Waals surface area contributed by atoms with Gasteiger partial charge in [-0.3, -0.25) is 0 Å². The van der Waals surface area contributed by atoms with E-state index in [1.54, 1.807) is 6.07 Å². The van der Waals surface area contributed by atoms with E-state index in [0.29, 0.717) is 11.7 Å². The van der Waals surface area contributed by atoms with Gasteiger partial charge >= 0.3 is 0 Å². The molecule has 1 aliphatic carbocycles. The van der Waals surface area contributed by atoms with E-state index in [-0.39, 0.29) is 17.5 Å². The zero-order valence-corrected chi connectivity index (χ0v) is 10.1. The Morgan fingerprint density at radius 1 is 1.47 bits per heavy atom. The number of fused-ring (bicyclic) bond motifs is 1. The van der Waals surface area contributed by atoms with Gasteiger partial charge in [0.05, 0.1) is 0 Å². The Morgan fingerprint density at radius 2 is 2.29 bits per heavy atom. The molecule has 3 rings (SSSR count). The SMILES string of the molecule is CC1CCCC12CC(N)c1ccc(F)cc1O2. The van der Waals surface area contributed by atoms with Crippen molar-refractivity contribution >= 4 is 0 Å². The fourth-order valence-electron chi connectivity index (χ4n) is 3.32. The van der Waals surface area contributed by atoms with Gasteiger partial charge in [-0.15, -0.1) is 0 Å². The van der Waals surface area contributed by atoms with Crippen molar-refractivity contribution in [2.45, 2.75) is 44.2 Å². The topological polar surface area (TPSA) is 35.2 Å². The minimum atomic E-state index is -0.251. The van der Waals surface area contributed by atoms with E-state index in [9.17, 15) is 4.39 Å². The van der Waals surface area contributed by atoms with Gasteiger partial charge in [-0.25, -0.2) is 4.39 Å². The average molecular weight is 235 g/mol. The molecule has 92 valence electrons. The summed E-state index contributed by atoms with van der Waals surface area (Å²) >= 11 is 0. The molecule has 0 amide bonds. The standard InChI is InChI=1S/C14H18FNO/c1-9-3-2-6-14(9)8-12(16)11-5-4-10(15)7-13(11)17-14/h4-5,7,9,12H,2-3,6,8,16H2,1H3. The molecule has 2 nitrogen and oxygen atoms in total. The minimum absolute atomic E-state index is 0.0279. The van der Waals surface area contributed by atoms with Gasteiger partial charge in [0.25, 0.3) is 0 Å². The van der Waals surface area contributed by atoms with Gasteiger partial charge in [-0.2, -0.15) is 0 Å². The van der Waals surface area contributed by atoms with Crippen LogP contribution in [0.1, 0.15) is 44.2 Å². The fourth-order valence-corrected chi connectivity index (χ4v) is 3.32. The lowest BCUT2D eigenvalue weighted by Gasteiger charge is -2.41. The van der Waals surface area contributed by atoms with Crippen LogP contribution in [0.4, 0.5) is 4.39 Å². The zero-order chi connectivity index (χ0) is 12.0. The molecule has 0 saturated heterocycles. The van der Waals surface area contributed by atoms with Gasteiger partial charge in [-0.05, 0) is 31.2 Å². The number of hydrogen-bond donors (Lipinski definition) is 1. The predicted octanol–water partition coefficient (Wildman–Crippen LogP) is 3.17. The van der Waals surface area contributed by atoms with Crippen LogP contribution in [0.5, 0.6) is 5.75 Å². The smallest absolute Gasteiger partial charge is 0.127 e. The maximum absolute atomic E-state index is 13.3. The third-order valence-corrected chi connectivity index (χ3v) is 4.39. The second-order valence-corrected chi connectivity index (χ2v) is 5.45. The van der Waals surface area contributed by atoms with E-state index in [2.05, 4.69) is 6.92 Å². The Hall–Kier alpha value is -1.09. The average Bonchev–Trinajstić information content (AvgIpc) is 2.59. The first-order chi connectivity index (χ1) is 8.11. The van der Waals surface area contributed by atoms with Crippen LogP contribution in [0.3, 0.4) is 0 Å². The first kappa shape index (κ1) is 11.0. The third kappa shape index (κ3) is 1.64. The summed E-state index contributed by atoms with van der Waals surface area (Å²) in [6.45, 7) is 2.21. The van der Waals surface area contributed by atoms with Crippen molar-refractivity contribution in [3.8, 4) is 5.75 Å². The number of benzene rings is 1. The van der Waals surface area contributed by atoms with Crippen LogP contribution in [0, 0.1) is 11.7 Å². The molecular weight excluding hydrogens is 217 g/mol. The summed E-state index contributed by atoms with van der Waals surface area (Å²) in [6, 6.07) is 4.65. The molecule has 2 aliphatic rings. The molecule has 3 unspecified atom stereocenters. The summed E-state index contributed by atoms with van der Waals surface area (Å²) < 4.78 is 19.4. The van der Waals surface area contributed by atoms with E-state index in [1.807, 2.05) is 0 Å². The lowest BCUT2D eigenvalue weighted by molar-refractivity contribution is 0.00637. The predicted molar refractivity (Wildman–Crippen MR) is 64.3 cm³/mol. The molecule has 1 aromatic carbocycles. The summed E-state index contributed by atoms with van der Waals surface area (Å²) in [5.41, 5.74) is 7.00. The van der Waals surface area contributed by atoms with Crippen LogP contribution >= 0.6 is 0 Å². The van der Waals surface area contributed by atoms with Crippen molar-refractivity contribution in [1.82, 2.24) is 0 Å². The van der Waals surface area contributed by atoms with Gasteiger partial charge in [0.2, 0.25) is 0 Å². The molecule has 1 fully saturated rings. The fraction of sp³-hybridized carbons (Fsp3) is 0.571. The summed E-state index contributed by atoms with van der Waals surface area (Å²) in [4.78, 5) is 0. The molecule has 1 saturated carbocycles. The second kappa shape index (κ2) is 3.70. The summed E-state index contributed by atoms with van der Waals surface area (Å²) in [5.74, 6) is 0.904. The summed E-state index contributed by atoms with van der Waals surface area (Å²) in [6.07, 6.45) is 4.25. The number of rotatable bonds is 0. The van der Waals surface area contributed by atoms with Crippen molar-refractivity contribution in [1.29, 1.82) is 0 Å². The van der Waals surface area contributed by atoms with Crippen molar-refractivity contribution in [2.75, 3.05) is 0 Å². The molecule has 1 aliphatic heterocycles. The number of ether oxygens (including phenoxy) is 1. The number of nitrogens with two attached hydrogens (primary N) is 1. The van der Waals surface area contributed by atoms with Crippen LogP contribution in [0.2, 0.25) is 0 Å². The van der Waals surface area contributed by atoms with E-state index >= 15 is 0 Å². The van der Waals surface area contributed by atoms with E-state index in [4.69, 9.17) is 10.5 Å². The largest absolute Gasteiger partial charge is 0.486 e. The molecule has 17 heavy (non-hydrogen) atoms. The second-order valence-electron chi connectivity index (χ2n) is 5.45. The first-order valence-corrected chi connectivity index (χ1v) is 6.35. The highest BCUT2D eigenvalue weighted by Crippen LogP contribution is 2.49. The highest BCUT2D eigenvalue weighted by atomic mass is 19.1. The molecular formula is C14H18FNO. The van der Waals surface area contributed by atoms with Crippen LogP contribution in [-0.2, 0) is 0 Å². The monoisotopic (exact) mass is 235 g/mol. The minimum Gasteiger partial charge on any atom is -0.486 e.